The Bertz CT molecular complexity index is 359. The maximum Gasteiger partial charge on any atom is 0.0245 e. The summed E-state index contributed by atoms with van der Waals surface area (Å²) >= 11 is 1.81. The predicted molar refractivity (Wildman–Crippen MR) is 77.7 cm³/mol. The third-order valence-corrected chi connectivity index (χ3v) is 5.08. The lowest BCUT2D eigenvalue weighted by Crippen LogP contribution is -2.36. The zero-order valence-electron chi connectivity index (χ0n) is 11.1. The number of nitrogens with zero attached hydrogens (tertiary/aromatic N) is 1. The molecule has 0 amide bonds. The molecular formula is C15H24N2S. The molecule has 18 heavy (non-hydrogen) atoms. The molecule has 0 bridgehead atoms. The minimum absolute atomic E-state index is 0.464. The Labute approximate surface area is 114 Å². The van der Waals surface area contributed by atoms with Gasteiger partial charge in [0.15, 0.2) is 0 Å². The molecule has 2 aliphatic carbocycles. The molecule has 1 heterocycles. The van der Waals surface area contributed by atoms with E-state index in [0.717, 1.165) is 18.5 Å². The van der Waals surface area contributed by atoms with Crippen LogP contribution in [0, 0.1) is 5.92 Å². The minimum Gasteiger partial charge on any atom is -0.328 e. The van der Waals surface area contributed by atoms with Crippen LogP contribution in [0.4, 0.5) is 0 Å². The van der Waals surface area contributed by atoms with Gasteiger partial charge in [0.25, 0.3) is 0 Å². The van der Waals surface area contributed by atoms with Crippen molar-refractivity contribution in [2.75, 3.05) is 6.54 Å². The van der Waals surface area contributed by atoms with E-state index in [2.05, 4.69) is 21.7 Å². The van der Waals surface area contributed by atoms with Gasteiger partial charge in [-0.25, -0.2) is 0 Å². The van der Waals surface area contributed by atoms with Crippen molar-refractivity contribution in [3.63, 3.8) is 0 Å². The first-order valence-electron chi connectivity index (χ1n) is 7.32. The molecule has 1 aromatic rings. The molecule has 0 saturated heterocycles. The molecule has 2 fully saturated rings. The summed E-state index contributed by atoms with van der Waals surface area (Å²) in [5.41, 5.74) is 7.60. The Morgan fingerprint density at radius 3 is 2.83 bits per heavy atom. The Morgan fingerprint density at radius 1 is 1.28 bits per heavy atom. The van der Waals surface area contributed by atoms with Gasteiger partial charge in [0, 0.05) is 25.2 Å². The fourth-order valence-corrected chi connectivity index (χ4v) is 3.89. The Hall–Kier alpha value is -0.380. The summed E-state index contributed by atoms with van der Waals surface area (Å²) in [4.78, 5) is 2.71. The maximum absolute atomic E-state index is 6.11. The van der Waals surface area contributed by atoms with E-state index >= 15 is 0 Å². The van der Waals surface area contributed by atoms with Crippen LogP contribution < -0.4 is 5.73 Å². The summed E-state index contributed by atoms with van der Waals surface area (Å²) in [6, 6.07) is 3.60. The zero-order valence-corrected chi connectivity index (χ0v) is 11.9. The minimum atomic E-state index is 0.464. The second-order valence-corrected chi connectivity index (χ2v) is 6.86. The Morgan fingerprint density at radius 2 is 2.17 bits per heavy atom. The highest BCUT2D eigenvalue weighted by molar-refractivity contribution is 7.07. The number of thiophene rings is 1. The molecule has 100 valence electrons. The van der Waals surface area contributed by atoms with E-state index in [1.54, 1.807) is 0 Å². The van der Waals surface area contributed by atoms with Crippen molar-refractivity contribution in [1.82, 2.24) is 4.90 Å². The first kappa shape index (κ1) is 12.6. The van der Waals surface area contributed by atoms with Gasteiger partial charge in [0.05, 0.1) is 0 Å². The second kappa shape index (κ2) is 5.72. The van der Waals surface area contributed by atoms with Crippen molar-refractivity contribution in [3.05, 3.63) is 22.4 Å². The highest BCUT2D eigenvalue weighted by Crippen LogP contribution is 2.32. The van der Waals surface area contributed by atoms with E-state index in [1.165, 1.54) is 50.6 Å². The van der Waals surface area contributed by atoms with Gasteiger partial charge in [-0.05, 0) is 60.4 Å². The molecule has 0 spiro atoms. The highest BCUT2D eigenvalue weighted by Gasteiger charge is 2.31. The van der Waals surface area contributed by atoms with E-state index in [0.29, 0.717) is 6.04 Å². The normalized spacial score (nSPS) is 28.8. The van der Waals surface area contributed by atoms with Gasteiger partial charge in [-0.2, -0.15) is 11.3 Å². The molecule has 3 rings (SSSR count). The maximum atomic E-state index is 6.11. The molecule has 2 atom stereocenters. The van der Waals surface area contributed by atoms with E-state index in [4.69, 9.17) is 5.73 Å². The predicted octanol–water partition coefficient (Wildman–Crippen LogP) is 3.23. The molecule has 2 aliphatic rings. The molecular weight excluding hydrogens is 240 g/mol. The Balaban J connectivity index is 1.56. The smallest absolute Gasteiger partial charge is 0.0245 e. The van der Waals surface area contributed by atoms with Crippen LogP contribution in [0.3, 0.4) is 0 Å². The fraction of sp³-hybridized carbons (Fsp3) is 0.733. The summed E-state index contributed by atoms with van der Waals surface area (Å²) in [5, 5.41) is 4.49. The largest absolute Gasteiger partial charge is 0.328 e. The van der Waals surface area contributed by atoms with Crippen molar-refractivity contribution in [1.29, 1.82) is 0 Å². The average molecular weight is 264 g/mol. The van der Waals surface area contributed by atoms with Crippen LogP contribution in [0.1, 0.15) is 44.1 Å². The van der Waals surface area contributed by atoms with Crippen molar-refractivity contribution < 1.29 is 0 Å². The second-order valence-electron chi connectivity index (χ2n) is 6.08. The van der Waals surface area contributed by atoms with Crippen molar-refractivity contribution in [2.24, 2.45) is 11.7 Å². The van der Waals surface area contributed by atoms with Crippen molar-refractivity contribution >= 4 is 11.3 Å². The monoisotopic (exact) mass is 264 g/mol. The van der Waals surface area contributed by atoms with Gasteiger partial charge in [0.2, 0.25) is 0 Å². The summed E-state index contributed by atoms with van der Waals surface area (Å²) in [6.45, 7) is 2.42. The lowest BCUT2D eigenvalue weighted by molar-refractivity contribution is 0.178. The molecule has 0 radical (unpaired) electrons. The highest BCUT2D eigenvalue weighted by atomic mass is 32.1. The van der Waals surface area contributed by atoms with Gasteiger partial charge in [-0.15, -0.1) is 0 Å². The van der Waals surface area contributed by atoms with Crippen LogP contribution >= 0.6 is 11.3 Å². The van der Waals surface area contributed by atoms with E-state index in [1.807, 2.05) is 11.3 Å². The topological polar surface area (TPSA) is 29.3 Å². The van der Waals surface area contributed by atoms with E-state index in [-0.39, 0.29) is 0 Å². The number of rotatable bonds is 5. The average Bonchev–Trinajstić information content (AvgIpc) is 3.08. The molecule has 2 saturated carbocycles. The standard InChI is InChI=1S/C15H24N2S/c16-14-3-1-2-12(8-14)9-17(15-4-5-15)10-13-6-7-18-11-13/h6-7,11-12,14-15H,1-5,8-10,16H2. The molecule has 3 heteroatoms. The molecule has 2 N–H and O–H groups in total. The lowest BCUT2D eigenvalue weighted by Gasteiger charge is -2.32. The Kier molecular flexibility index (Phi) is 4.02. The molecule has 2 nitrogen and oxygen atoms in total. The molecule has 0 aliphatic heterocycles. The number of hydrogen-bond donors (Lipinski definition) is 1. The van der Waals surface area contributed by atoms with Crippen LogP contribution in [-0.2, 0) is 6.54 Å². The zero-order chi connectivity index (χ0) is 12.4. The number of hydrogen-bond acceptors (Lipinski definition) is 3. The summed E-state index contributed by atoms with van der Waals surface area (Å²) in [6.07, 6.45) is 8.02. The first-order valence-corrected chi connectivity index (χ1v) is 8.26. The summed E-state index contributed by atoms with van der Waals surface area (Å²) < 4.78 is 0. The first-order chi connectivity index (χ1) is 8.81. The van der Waals surface area contributed by atoms with Gasteiger partial charge in [-0.3, -0.25) is 4.90 Å². The fourth-order valence-electron chi connectivity index (χ4n) is 3.23. The third-order valence-electron chi connectivity index (χ3n) is 4.35. The molecule has 0 aromatic carbocycles. The van der Waals surface area contributed by atoms with Crippen LogP contribution in [0.15, 0.2) is 16.8 Å². The van der Waals surface area contributed by atoms with E-state index in [9.17, 15) is 0 Å². The van der Waals surface area contributed by atoms with Crippen LogP contribution in [-0.4, -0.2) is 23.5 Å². The number of nitrogens with two attached hydrogens (primary N) is 1. The van der Waals surface area contributed by atoms with Crippen LogP contribution in [0.5, 0.6) is 0 Å². The van der Waals surface area contributed by atoms with Gasteiger partial charge < -0.3 is 5.73 Å². The summed E-state index contributed by atoms with van der Waals surface area (Å²) in [5.74, 6) is 0.841. The van der Waals surface area contributed by atoms with Crippen LogP contribution in [0.25, 0.3) is 0 Å². The van der Waals surface area contributed by atoms with Gasteiger partial charge in [0.1, 0.15) is 0 Å². The van der Waals surface area contributed by atoms with Crippen molar-refractivity contribution in [3.8, 4) is 0 Å². The quantitative estimate of drug-likeness (QED) is 0.884. The third kappa shape index (κ3) is 3.34. The van der Waals surface area contributed by atoms with E-state index < -0.39 is 0 Å². The molecule has 2 unspecified atom stereocenters. The lowest BCUT2D eigenvalue weighted by atomic mass is 9.86. The van der Waals surface area contributed by atoms with Gasteiger partial charge in [-0.1, -0.05) is 6.42 Å². The SMILES string of the molecule is NC1CCCC(CN(Cc2ccsc2)C2CC2)C1. The van der Waals surface area contributed by atoms with Crippen LogP contribution in [0.2, 0.25) is 0 Å². The molecule has 1 aromatic heterocycles. The van der Waals surface area contributed by atoms with Crippen molar-refractivity contribution in [2.45, 2.75) is 57.2 Å². The summed E-state index contributed by atoms with van der Waals surface area (Å²) in [7, 11) is 0. The van der Waals surface area contributed by atoms with Gasteiger partial charge >= 0.3 is 0 Å².